The third-order valence-corrected chi connectivity index (χ3v) is 3.16. The van der Waals surface area contributed by atoms with Crippen molar-refractivity contribution in [2.45, 2.75) is 25.4 Å². The number of aliphatic hydroxyl groups is 1. The molecule has 4 heteroatoms. The zero-order valence-electron chi connectivity index (χ0n) is 9.69. The Morgan fingerprint density at radius 3 is 2.67 bits per heavy atom. The van der Waals surface area contributed by atoms with E-state index in [1.165, 1.54) is 12.8 Å². The van der Waals surface area contributed by atoms with Crippen molar-refractivity contribution in [2.24, 2.45) is 11.7 Å². The zero-order chi connectivity index (χ0) is 11.1. The van der Waals surface area contributed by atoms with Crippen molar-refractivity contribution in [3.8, 4) is 0 Å². The van der Waals surface area contributed by atoms with E-state index in [0.717, 1.165) is 38.6 Å². The fourth-order valence-corrected chi connectivity index (χ4v) is 2.06. The molecule has 1 saturated heterocycles. The minimum Gasteiger partial charge on any atom is -0.392 e. The normalized spacial score (nSPS) is 21.8. The topological polar surface area (TPSA) is 58.7 Å². The average molecular weight is 216 g/mol. The molecule has 0 aromatic carbocycles. The standard InChI is InChI=1S/C11H24N2O2/c1-15-9-10-2-5-13(6-3-10)7-4-11(14)8-12/h10-11,14H,2-9,12H2,1H3. The number of methoxy groups -OCH3 is 1. The van der Waals surface area contributed by atoms with Crippen molar-refractivity contribution in [1.29, 1.82) is 0 Å². The van der Waals surface area contributed by atoms with Crippen LogP contribution in [0.3, 0.4) is 0 Å². The second-order valence-corrected chi connectivity index (χ2v) is 4.42. The molecule has 0 amide bonds. The summed E-state index contributed by atoms with van der Waals surface area (Å²) in [4.78, 5) is 2.41. The van der Waals surface area contributed by atoms with Gasteiger partial charge < -0.3 is 20.5 Å². The number of likely N-dealkylation sites (tertiary alicyclic amines) is 1. The molecule has 90 valence electrons. The van der Waals surface area contributed by atoms with E-state index in [-0.39, 0.29) is 6.10 Å². The van der Waals surface area contributed by atoms with Gasteiger partial charge in [0.25, 0.3) is 0 Å². The Morgan fingerprint density at radius 2 is 2.13 bits per heavy atom. The molecule has 1 aliphatic rings. The van der Waals surface area contributed by atoms with Crippen LogP contribution in [0.4, 0.5) is 0 Å². The molecule has 0 spiro atoms. The summed E-state index contributed by atoms with van der Waals surface area (Å²) in [6.45, 7) is 4.49. The van der Waals surface area contributed by atoms with Gasteiger partial charge in [0.2, 0.25) is 0 Å². The van der Waals surface area contributed by atoms with Crippen LogP contribution in [0.25, 0.3) is 0 Å². The van der Waals surface area contributed by atoms with Gasteiger partial charge in [-0.05, 0) is 38.3 Å². The molecule has 0 radical (unpaired) electrons. The molecule has 0 bridgehead atoms. The first-order valence-corrected chi connectivity index (χ1v) is 5.85. The van der Waals surface area contributed by atoms with Crippen molar-refractivity contribution in [1.82, 2.24) is 4.90 Å². The fourth-order valence-electron chi connectivity index (χ4n) is 2.06. The summed E-state index contributed by atoms with van der Waals surface area (Å²) in [6.07, 6.45) is 2.89. The number of hydrogen-bond donors (Lipinski definition) is 2. The van der Waals surface area contributed by atoms with Gasteiger partial charge in [-0.2, -0.15) is 0 Å². The van der Waals surface area contributed by atoms with E-state index < -0.39 is 0 Å². The number of hydrogen-bond acceptors (Lipinski definition) is 4. The molecule has 3 N–H and O–H groups in total. The predicted molar refractivity (Wildman–Crippen MR) is 60.7 cm³/mol. The minimum absolute atomic E-state index is 0.332. The molecule has 0 saturated carbocycles. The highest BCUT2D eigenvalue weighted by Gasteiger charge is 2.19. The van der Waals surface area contributed by atoms with E-state index in [1.54, 1.807) is 7.11 Å². The average Bonchev–Trinajstić information content (AvgIpc) is 2.28. The third-order valence-electron chi connectivity index (χ3n) is 3.16. The maximum atomic E-state index is 9.35. The Kier molecular flexibility index (Phi) is 6.17. The molecule has 1 unspecified atom stereocenters. The Balaban J connectivity index is 2.09. The van der Waals surface area contributed by atoms with Crippen LogP contribution >= 0.6 is 0 Å². The smallest absolute Gasteiger partial charge is 0.0674 e. The van der Waals surface area contributed by atoms with Crippen LogP contribution in [-0.2, 0) is 4.74 Å². The minimum atomic E-state index is -0.332. The number of rotatable bonds is 6. The maximum absolute atomic E-state index is 9.35. The van der Waals surface area contributed by atoms with Gasteiger partial charge in [0.1, 0.15) is 0 Å². The van der Waals surface area contributed by atoms with E-state index >= 15 is 0 Å². The largest absolute Gasteiger partial charge is 0.392 e. The lowest BCUT2D eigenvalue weighted by Crippen LogP contribution is -2.37. The number of aliphatic hydroxyl groups excluding tert-OH is 1. The lowest BCUT2D eigenvalue weighted by Gasteiger charge is -2.31. The maximum Gasteiger partial charge on any atom is 0.0674 e. The molecule has 1 aliphatic heterocycles. The van der Waals surface area contributed by atoms with E-state index in [2.05, 4.69) is 4.90 Å². The van der Waals surface area contributed by atoms with Crippen LogP contribution in [0.2, 0.25) is 0 Å². The Bertz CT molecular complexity index is 159. The first kappa shape index (κ1) is 12.9. The zero-order valence-corrected chi connectivity index (χ0v) is 9.69. The van der Waals surface area contributed by atoms with Gasteiger partial charge in [-0.1, -0.05) is 0 Å². The van der Waals surface area contributed by atoms with Crippen molar-refractivity contribution in [2.75, 3.05) is 39.9 Å². The SMILES string of the molecule is COCC1CCN(CCC(O)CN)CC1. The molecular formula is C11H24N2O2. The van der Waals surface area contributed by atoms with Crippen LogP contribution in [0.5, 0.6) is 0 Å². The number of nitrogens with two attached hydrogens (primary N) is 1. The van der Waals surface area contributed by atoms with E-state index in [9.17, 15) is 5.11 Å². The second-order valence-electron chi connectivity index (χ2n) is 4.42. The Morgan fingerprint density at radius 1 is 1.47 bits per heavy atom. The summed E-state index contributed by atoms with van der Waals surface area (Å²) in [5.41, 5.74) is 5.36. The van der Waals surface area contributed by atoms with Crippen molar-refractivity contribution >= 4 is 0 Å². The molecule has 1 heterocycles. The second kappa shape index (κ2) is 7.17. The number of nitrogens with zero attached hydrogens (tertiary/aromatic N) is 1. The molecule has 0 aromatic rings. The van der Waals surface area contributed by atoms with Crippen LogP contribution in [0.1, 0.15) is 19.3 Å². The van der Waals surface area contributed by atoms with Crippen LogP contribution in [0, 0.1) is 5.92 Å². The highest BCUT2D eigenvalue weighted by atomic mass is 16.5. The molecule has 0 aromatic heterocycles. The first-order valence-electron chi connectivity index (χ1n) is 5.85. The number of piperidine rings is 1. The molecule has 0 aliphatic carbocycles. The Hall–Kier alpha value is -0.160. The van der Waals surface area contributed by atoms with Gasteiger partial charge in [0.05, 0.1) is 6.10 Å². The van der Waals surface area contributed by atoms with Crippen LogP contribution in [-0.4, -0.2) is 56.0 Å². The number of ether oxygens (including phenoxy) is 1. The summed E-state index contributed by atoms with van der Waals surface area (Å²) in [5.74, 6) is 0.727. The summed E-state index contributed by atoms with van der Waals surface area (Å²) < 4.78 is 5.16. The monoisotopic (exact) mass is 216 g/mol. The van der Waals surface area contributed by atoms with Gasteiger partial charge in [0.15, 0.2) is 0 Å². The quantitative estimate of drug-likeness (QED) is 0.659. The van der Waals surface area contributed by atoms with Gasteiger partial charge >= 0.3 is 0 Å². The van der Waals surface area contributed by atoms with Crippen molar-refractivity contribution in [3.05, 3.63) is 0 Å². The third kappa shape index (κ3) is 4.93. The van der Waals surface area contributed by atoms with E-state index in [1.807, 2.05) is 0 Å². The highest BCUT2D eigenvalue weighted by Crippen LogP contribution is 2.17. The Labute approximate surface area is 92.4 Å². The van der Waals surface area contributed by atoms with Gasteiger partial charge in [0, 0.05) is 26.8 Å². The lowest BCUT2D eigenvalue weighted by molar-refractivity contribution is 0.0883. The summed E-state index contributed by atoms with van der Waals surface area (Å²) in [5, 5.41) is 9.35. The van der Waals surface area contributed by atoms with Crippen molar-refractivity contribution < 1.29 is 9.84 Å². The summed E-state index contributed by atoms with van der Waals surface area (Å²) in [7, 11) is 1.77. The van der Waals surface area contributed by atoms with Gasteiger partial charge in [-0.25, -0.2) is 0 Å². The van der Waals surface area contributed by atoms with Crippen LogP contribution < -0.4 is 5.73 Å². The molecule has 1 fully saturated rings. The van der Waals surface area contributed by atoms with Crippen molar-refractivity contribution in [3.63, 3.8) is 0 Å². The summed E-state index contributed by atoms with van der Waals surface area (Å²) >= 11 is 0. The molecule has 1 rings (SSSR count). The first-order chi connectivity index (χ1) is 7.26. The predicted octanol–water partition coefficient (Wildman–Crippen LogP) is 0.0545. The molecular weight excluding hydrogens is 192 g/mol. The molecule has 15 heavy (non-hydrogen) atoms. The fraction of sp³-hybridized carbons (Fsp3) is 1.00. The molecule has 4 nitrogen and oxygen atoms in total. The van der Waals surface area contributed by atoms with Gasteiger partial charge in [-0.3, -0.25) is 0 Å². The van der Waals surface area contributed by atoms with E-state index in [4.69, 9.17) is 10.5 Å². The molecule has 1 atom stereocenters. The highest BCUT2D eigenvalue weighted by molar-refractivity contribution is 4.72. The summed E-state index contributed by atoms with van der Waals surface area (Å²) in [6, 6.07) is 0. The lowest BCUT2D eigenvalue weighted by atomic mass is 9.97. The van der Waals surface area contributed by atoms with Crippen LogP contribution in [0.15, 0.2) is 0 Å². The van der Waals surface area contributed by atoms with Gasteiger partial charge in [-0.15, -0.1) is 0 Å². The van der Waals surface area contributed by atoms with E-state index in [0.29, 0.717) is 6.54 Å².